The van der Waals surface area contributed by atoms with Gasteiger partial charge in [0, 0.05) is 54.6 Å². The number of hydrogen-bond acceptors (Lipinski definition) is 4. The molecule has 0 amide bonds. The van der Waals surface area contributed by atoms with Crippen molar-refractivity contribution in [3.05, 3.63) is 212 Å². The third-order valence-corrected chi connectivity index (χ3v) is 12.0. The van der Waals surface area contributed by atoms with E-state index < -0.39 is 0 Å². The third kappa shape index (κ3) is 5.48. The summed E-state index contributed by atoms with van der Waals surface area (Å²) in [6.45, 7) is 0. The van der Waals surface area contributed by atoms with Crippen LogP contribution in [0.25, 0.3) is 122 Å². The van der Waals surface area contributed by atoms with Gasteiger partial charge in [-0.3, -0.25) is 4.57 Å². The average Bonchev–Trinajstić information content (AvgIpc) is 4.06. The molecule has 0 unspecified atom stereocenters. The summed E-state index contributed by atoms with van der Waals surface area (Å²) in [5, 5.41) is 4.23. The summed E-state index contributed by atoms with van der Waals surface area (Å²) in [5.41, 5.74) is 8.41. The summed E-state index contributed by atoms with van der Waals surface area (Å²) in [6, 6.07) is 56.4. The van der Waals surface area contributed by atoms with Gasteiger partial charge in [0.2, 0.25) is 5.95 Å². The predicted octanol–water partition coefficient (Wildman–Crippen LogP) is 14.6. The van der Waals surface area contributed by atoms with Gasteiger partial charge in [0.1, 0.15) is 11.2 Å². The summed E-state index contributed by atoms with van der Waals surface area (Å²) >= 11 is 0. The Balaban J connectivity index is 1.17. The lowest BCUT2D eigenvalue weighted by molar-refractivity contribution is 0.670. The topological polar surface area (TPSA) is 61.7 Å². The average molecular weight is 812 g/mol. The van der Waals surface area contributed by atoms with Gasteiger partial charge in [0.15, 0.2) is 11.6 Å². The fourth-order valence-electron chi connectivity index (χ4n) is 9.19. The van der Waals surface area contributed by atoms with E-state index in [9.17, 15) is 2.74 Å². The molecule has 4 heterocycles. The summed E-state index contributed by atoms with van der Waals surface area (Å²) in [6.07, 6.45) is 0. The van der Waals surface area contributed by atoms with Gasteiger partial charge in [-0.2, -0.15) is 9.97 Å². The van der Waals surface area contributed by atoms with Crippen LogP contribution >= 0.6 is 0 Å². The van der Waals surface area contributed by atoms with E-state index >= 15 is 0 Å². The SMILES string of the molecule is [2H]c1cc([2H])c2oc3c(-c4cccc(-c5nc(-c6ccccc6)nc(-n6c7ccccc7c7cc(-c8ccccc8)ccc76)n5)c4-n4c5ccccc5c5ccccc54)c([2H])c([2H])c([2H])c3c2c1[2H]. The molecule has 13 aromatic rings. The van der Waals surface area contributed by atoms with Crippen LogP contribution in [0.3, 0.4) is 0 Å². The molecule has 0 bridgehead atoms. The van der Waals surface area contributed by atoms with Gasteiger partial charge < -0.3 is 8.98 Å². The fraction of sp³-hybridized carbons (Fsp3) is 0. The van der Waals surface area contributed by atoms with Crippen molar-refractivity contribution in [3.63, 3.8) is 0 Å². The van der Waals surface area contributed by atoms with E-state index in [-0.39, 0.29) is 63.8 Å². The lowest BCUT2D eigenvalue weighted by atomic mass is 9.97. The van der Waals surface area contributed by atoms with Crippen LogP contribution in [0.1, 0.15) is 8.22 Å². The normalized spacial score (nSPS) is 13.1. The van der Waals surface area contributed by atoms with E-state index in [1.54, 1.807) is 0 Å². The second kappa shape index (κ2) is 14.0. The summed E-state index contributed by atoms with van der Waals surface area (Å²) in [4.78, 5) is 16.0. The molecule has 294 valence electrons. The molecule has 0 N–H and O–H groups in total. The molecule has 6 nitrogen and oxygen atoms in total. The van der Waals surface area contributed by atoms with E-state index in [1.807, 2.05) is 115 Å². The predicted molar refractivity (Wildman–Crippen MR) is 258 cm³/mol. The van der Waals surface area contributed by atoms with Crippen LogP contribution in [0, 0.1) is 0 Å². The van der Waals surface area contributed by atoms with E-state index in [4.69, 9.17) is 24.9 Å². The molecule has 63 heavy (non-hydrogen) atoms. The summed E-state index contributed by atoms with van der Waals surface area (Å²) < 4.78 is 65.0. The van der Waals surface area contributed by atoms with Crippen LogP contribution in [-0.4, -0.2) is 24.1 Å². The zero-order valence-electron chi connectivity index (χ0n) is 39.4. The fourth-order valence-corrected chi connectivity index (χ4v) is 9.19. The van der Waals surface area contributed by atoms with Gasteiger partial charge in [0.25, 0.3) is 0 Å². The monoisotopic (exact) mass is 811 g/mol. The highest BCUT2D eigenvalue weighted by molar-refractivity contribution is 6.14. The number of fused-ring (bicyclic) bond motifs is 9. The first-order valence-corrected chi connectivity index (χ1v) is 20.7. The molecule has 9 aromatic carbocycles. The quantitative estimate of drug-likeness (QED) is 0.168. The standard InChI is InChI=1S/C57H35N5O/c1-3-17-36(18-4-1)38-33-34-51-47(35-38)41-23-9-13-31-50(41)62(51)57-59-55(37-19-5-2-6-20-37)58-56(60-57)46-28-15-25-43(45-27-16-26-44-42-24-10-14-32-52(42)63-54(44)45)53(46)61-48-29-11-7-21-39(48)40-22-8-12-30-49(40)61/h1-35H/i10D,16D,24D,26D,27D,32D. The van der Waals surface area contributed by atoms with Crippen molar-refractivity contribution in [3.8, 4) is 56.7 Å². The van der Waals surface area contributed by atoms with Crippen molar-refractivity contribution in [1.82, 2.24) is 24.1 Å². The molecule has 0 spiro atoms. The molecule has 0 fully saturated rings. The maximum absolute atomic E-state index is 9.65. The smallest absolute Gasteiger partial charge is 0.238 e. The summed E-state index contributed by atoms with van der Waals surface area (Å²) in [5.74, 6) is 1.16. The molecular weight excluding hydrogens is 771 g/mol. The van der Waals surface area contributed by atoms with E-state index in [0.29, 0.717) is 34.4 Å². The molecule has 0 saturated carbocycles. The van der Waals surface area contributed by atoms with Crippen LogP contribution in [0.4, 0.5) is 0 Å². The number of aromatic nitrogens is 5. The zero-order valence-corrected chi connectivity index (χ0v) is 33.4. The van der Waals surface area contributed by atoms with Crippen molar-refractivity contribution in [2.75, 3.05) is 0 Å². The van der Waals surface area contributed by atoms with Crippen molar-refractivity contribution in [2.45, 2.75) is 0 Å². The largest absolute Gasteiger partial charge is 0.455 e. The minimum atomic E-state index is -0.379. The number of rotatable bonds is 6. The number of para-hydroxylation sites is 6. The Morgan fingerprint density at radius 2 is 0.984 bits per heavy atom. The van der Waals surface area contributed by atoms with Crippen LogP contribution in [-0.2, 0) is 0 Å². The first-order chi connectivity index (χ1) is 33.7. The highest BCUT2D eigenvalue weighted by Crippen LogP contribution is 2.44. The second-order valence-electron chi connectivity index (χ2n) is 15.5. The van der Waals surface area contributed by atoms with Gasteiger partial charge in [-0.1, -0.05) is 170 Å². The van der Waals surface area contributed by atoms with Crippen molar-refractivity contribution < 1.29 is 12.6 Å². The van der Waals surface area contributed by atoms with Crippen LogP contribution in [0.5, 0.6) is 0 Å². The van der Waals surface area contributed by atoms with Crippen LogP contribution in [0.2, 0.25) is 0 Å². The maximum atomic E-state index is 9.65. The molecular formula is C57H35N5O. The molecule has 0 aliphatic carbocycles. The molecule has 0 atom stereocenters. The van der Waals surface area contributed by atoms with Gasteiger partial charge in [-0.15, -0.1) is 0 Å². The Hall–Kier alpha value is -8.61. The molecule has 0 aliphatic heterocycles. The minimum Gasteiger partial charge on any atom is -0.455 e. The summed E-state index contributed by atoms with van der Waals surface area (Å²) in [7, 11) is 0. The van der Waals surface area contributed by atoms with Gasteiger partial charge >= 0.3 is 0 Å². The molecule has 0 radical (unpaired) electrons. The molecule has 0 saturated heterocycles. The zero-order chi connectivity index (χ0) is 46.7. The van der Waals surface area contributed by atoms with Gasteiger partial charge in [0.05, 0.1) is 36.0 Å². The van der Waals surface area contributed by atoms with Crippen molar-refractivity contribution in [2.24, 2.45) is 0 Å². The molecule has 6 heteroatoms. The molecule has 4 aromatic heterocycles. The van der Waals surface area contributed by atoms with Crippen LogP contribution in [0.15, 0.2) is 217 Å². The number of hydrogen-bond donors (Lipinski definition) is 0. The Labute approximate surface area is 370 Å². The van der Waals surface area contributed by atoms with E-state index in [0.717, 1.165) is 60.3 Å². The van der Waals surface area contributed by atoms with Gasteiger partial charge in [-0.25, -0.2) is 4.98 Å². The Morgan fingerprint density at radius 1 is 0.381 bits per heavy atom. The first kappa shape index (κ1) is 29.6. The number of benzene rings is 9. The highest BCUT2D eigenvalue weighted by atomic mass is 16.3. The van der Waals surface area contributed by atoms with Crippen molar-refractivity contribution >= 4 is 65.6 Å². The van der Waals surface area contributed by atoms with E-state index in [2.05, 4.69) is 63.7 Å². The first-order valence-electron chi connectivity index (χ1n) is 23.7. The lowest BCUT2D eigenvalue weighted by Crippen LogP contribution is -2.08. The lowest BCUT2D eigenvalue weighted by Gasteiger charge is -2.19. The highest BCUT2D eigenvalue weighted by Gasteiger charge is 2.25. The Morgan fingerprint density at radius 3 is 1.73 bits per heavy atom. The third-order valence-electron chi connectivity index (χ3n) is 12.0. The Bertz CT molecular complexity index is 4220. The minimum absolute atomic E-state index is 0.0111. The number of nitrogens with zero attached hydrogens (tertiary/aromatic N) is 5. The molecule has 0 aliphatic rings. The van der Waals surface area contributed by atoms with Crippen molar-refractivity contribution in [1.29, 1.82) is 0 Å². The molecule has 13 rings (SSSR count). The van der Waals surface area contributed by atoms with E-state index in [1.165, 1.54) is 6.07 Å². The maximum Gasteiger partial charge on any atom is 0.238 e. The van der Waals surface area contributed by atoms with Gasteiger partial charge in [-0.05, 0) is 53.6 Å². The van der Waals surface area contributed by atoms with Crippen LogP contribution < -0.4 is 0 Å². The number of furan rings is 1. The second-order valence-corrected chi connectivity index (χ2v) is 15.5. The Kier molecular flexibility index (Phi) is 6.56.